The van der Waals surface area contributed by atoms with E-state index in [0.717, 1.165) is 17.1 Å². The lowest BCUT2D eigenvalue weighted by atomic mass is 10.2. The van der Waals surface area contributed by atoms with Gasteiger partial charge in [0.2, 0.25) is 0 Å². The maximum atomic E-state index is 11.1. The van der Waals surface area contributed by atoms with E-state index in [9.17, 15) is 4.79 Å². The Kier molecular flexibility index (Phi) is 7.36. The van der Waals surface area contributed by atoms with Gasteiger partial charge < -0.3 is 15.2 Å². The number of rotatable bonds is 9. The molecule has 0 aliphatic rings. The summed E-state index contributed by atoms with van der Waals surface area (Å²) in [5.41, 5.74) is 1.05. The van der Waals surface area contributed by atoms with Gasteiger partial charge in [0.1, 0.15) is 11.8 Å². The molecule has 1 aromatic carbocycles. The number of thioether (sulfide) groups is 1. The van der Waals surface area contributed by atoms with Crippen molar-refractivity contribution in [1.29, 1.82) is 0 Å². The van der Waals surface area contributed by atoms with Gasteiger partial charge in [0.05, 0.1) is 6.61 Å². The molecule has 0 bridgehead atoms. The topological polar surface area (TPSA) is 58.6 Å². The maximum Gasteiger partial charge on any atom is 0.320 e. The summed E-state index contributed by atoms with van der Waals surface area (Å²) in [6, 6.07) is 7.21. The summed E-state index contributed by atoms with van der Waals surface area (Å²) < 4.78 is 5.36. The molecule has 0 radical (unpaired) electrons. The van der Waals surface area contributed by atoms with Crippen LogP contribution < -0.4 is 10.1 Å². The minimum Gasteiger partial charge on any atom is -0.494 e. The zero-order chi connectivity index (χ0) is 14.1. The summed E-state index contributed by atoms with van der Waals surface area (Å²) in [5, 5.41) is 12.2. The Hall–Kier alpha value is -1.20. The molecular formula is C14H21NO3S. The molecule has 0 aromatic heterocycles. The van der Waals surface area contributed by atoms with Gasteiger partial charge in [-0.15, -0.1) is 0 Å². The molecule has 1 unspecified atom stereocenters. The van der Waals surface area contributed by atoms with Crippen LogP contribution in [-0.4, -0.2) is 35.7 Å². The molecule has 0 aliphatic carbocycles. The van der Waals surface area contributed by atoms with Gasteiger partial charge in [-0.05, 0) is 43.0 Å². The first kappa shape index (κ1) is 15.9. The highest BCUT2D eigenvalue weighted by Gasteiger charge is 2.15. The normalized spacial score (nSPS) is 12.1. The number of carboxylic acids is 1. The molecule has 0 saturated carbocycles. The van der Waals surface area contributed by atoms with E-state index in [1.807, 2.05) is 37.4 Å². The van der Waals surface area contributed by atoms with E-state index >= 15 is 0 Å². The van der Waals surface area contributed by atoms with Crippen molar-refractivity contribution >= 4 is 17.7 Å². The van der Waals surface area contributed by atoms with Crippen LogP contribution in [0, 0.1) is 0 Å². The standard InChI is InChI=1S/C14H21NO3S/c1-3-18-12-6-4-11(5-7-12)10-15-13(14(16)17)8-9-19-2/h4-7,13,15H,3,8-10H2,1-2H3,(H,16,17). The first-order chi connectivity index (χ1) is 9.17. The molecule has 1 rings (SSSR count). The Morgan fingerprint density at radius 3 is 2.63 bits per heavy atom. The Balaban J connectivity index is 2.46. The van der Waals surface area contributed by atoms with Gasteiger partial charge in [0.25, 0.3) is 0 Å². The summed E-state index contributed by atoms with van der Waals surface area (Å²) in [5.74, 6) is 0.885. The van der Waals surface area contributed by atoms with E-state index in [2.05, 4.69) is 5.32 Å². The lowest BCUT2D eigenvalue weighted by Gasteiger charge is -2.14. The van der Waals surface area contributed by atoms with Crippen molar-refractivity contribution in [3.63, 3.8) is 0 Å². The summed E-state index contributed by atoms with van der Waals surface area (Å²) >= 11 is 1.66. The Morgan fingerprint density at radius 2 is 2.11 bits per heavy atom. The van der Waals surface area contributed by atoms with Crippen LogP contribution in [0.25, 0.3) is 0 Å². The number of aliphatic carboxylic acids is 1. The van der Waals surface area contributed by atoms with Gasteiger partial charge in [0.15, 0.2) is 0 Å². The second-order valence-corrected chi connectivity index (χ2v) is 5.12. The van der Waals surface area contributed by atoms with Gasteiger partial charge in [-0.25, -0.2) is 0 Å². The van der Waals surface area contributed by atoms with Crippen LogP contribution in [0.3, 0.4) is 0 Å². The first-order valence-corrected chi connectivity index (χ1v) is 7.73. The van der Waals surface area contributed by atoms with Gasteiger partial charge in [-0.3, -0.25) is 4.79 Å². The smallest absolute Gasteiger partial charge is 0.320 e. The van der Waals surface area contributed by atoms with Crippen LogP contribution in [0.15, 0.2) is 24.3 Å². The molecule has 1 atom stereocenters. The minimum absolute atomic E-state index is 0.487. The van der Waals surface area contributed by atoms with Crippen LogP contribution in [0.2, 0.25) is 0 Å². The fourth-order valence-electron chi connectivity index (χ4n) is 1.66. The lowest BCUT2D eigenvalue weighted by Crippen LogP contribution is -2.36. The van der Waals surface area contributed by atoms with E-state index in [1.54, 1.807) is 11.8 Å². The van der Waals surface area contributed by atoms with E-state index in [0.29, 0.717) is 19.6 Å². The number of nitrogens with one attached hydrogen (secondary N) is 1. The molecule has 0 amide bonds. The zero-order valence-electron chi connectivity index (χ0n) is 11.4. The molecule has 106 valence electrons. The average Bonchev–Trinajstić information content (AvgIpc) is 2.40. The summed E-state index contributed by atoms with van der Waals surface area (Å²) in [7, 11) is 0. The van der Waals surface area contributed by atoms with Crippen LogP contribution in [0.4, 0.5) is 0 Å². The van der Waals surface area contributed by atoms with Crippen molar-refractivity contribution in [3.05, 3.63) is 29.8 Å². The van der Waals surface area contributed by atoms with Crippen LogP contribution in [-0.2, 0) is 11.3 Å². The third-order valence-corrected chi connectivity index (χ3v) is 3.34. The molecule has 0 saturated heterocycles. The average molecular weight is 283 g/mol. The monoisotopic (exact) mass is 283 g/mol. The highest BCUT2D eigenvalue weighted by atomic mass is 32.2. The number of carbonyl (C=O) groups is 1. The highest BCUT2D eigenvalue weighted by Crippen LogP contribution is 2.12. The Labute approximate surface area is 118 Å². The fourth-order valence-corrected chi connectivity index (χ4v) is 2.13. The second kappa shape index (κ2) is 8.82. The van der Waals surface area contributed by atoms with Crippen molar-refractivity contribution in [3.8, 4) is 5.75 Å². The summed E-state index contributed by atoms with van der Waals surface area (Å²) in [6.07, 6.45) is 2.61. The molecule has 0 heterocycles. The van der Waals surface area contributed by atoms with Gasteiger partial charge >= 0.3 is 5.97 Å². The molecule has 19 heavy (non-hydrogen) atoms. The van der Waals surface area contributed by atoms with Gasteiger partial charge in [-0.2, -0.15) is 11.8 Å². The Morgan fingerprint density at radius 1 is 1.42 bits per heavy atom. The fraction of sp³-hybridized carbons (Fsp3) is 0.500. The first-order valence-electron chi connectivity index (χ1n) is 6.34. The van der Waals surface area contributed by atoms with Crippen LogP contribution >= 0.6 is 11.8 Å². The summed E-state index contributed by atoms with van der Waals surface area (Å²) in [4.78, 5) is 11.1. The quantitative estimate of drug-likeness (QED) is 0.728. The second-order valence-electron chi connectivity index (χ2n) is 4.13. The lowest BCUT2D eigenvalue weighted by molar-refractivity contribution is -0.139. The molecule has 0 fully saturated rings. The van der Waals surface area contributed by atoms with E-state index in [-0.39, 0.29) is 0 Å². The molecular weight excluding hydrogens is 262 g/mol. The van der Waals surface area contributed by atoms with Crippen molar-refractivity contribution in [1.82, 2.24) is 5.32 Å². The largest absolute Gasteiger partial charge is 0.494 e. The van der Waals surface area contributed by atoms with Crippen molar-refractivity contribution in [2.45, 2.75) is 25.9 Å². The zero-order valence-corrected chi connectivity index (χ0v) is 12.2. The van der Waals surface area contributed by atoms with Crippen molar-refractivity contribution in [2.75, 3.05) is 18.6 Å². The summed E-state index contributed by atoms with van der Waals surface area (Å²) in [6.45, 7) is 3.14. The third kappa shape index (κ3) is 5.98. The minimum atomic E-state index is -0.792. The number of hydrogen-bond donors (Lipinski definition) is 2. The number of ether oxygens (including phenoxy) is 1. The maximum absolute atomic E-state index is 11.1. The number of benzene rings is 1. The molecule has 2 N–H and O–H groups in total. The number of hydrogen-bond acceptors (Lipinski definition) is 4. The van der Waals surface area contributed by atoms with E-state index in [4.69, 9.17) is 9.84 Å². The molecule has 4 nitrogen and oxygen atoms in total. The SMILES string of the molecule is CCOc1ccc(CNC(CCSC)C(=O)O)cc1. The number of carboxylic acid groups (broad SMARTS) is 1. The van der Waals surface area contributed by atoms with Gasteiger partial charge in [0, 0.05) is 6.54 Å². The Bertz CT molecular complexity index is 381. The highest BCUT2D eigenvalue weighted by molar-refractivity contribution is 7.98. The van der Waals surface area contributed by atoms with Crippen molar-refractivity contribution < 1.29 is 14.6 Å². The van der Waals surface area contributed by atoms with E-state index < -0.39 is 12.0 Å². The van der Waals surface area contributed by atoms with Crippen LogP contribution in [0.1, 0.15) is 18.9 Å². The van der Waals surface area contributed by atoms with E-state index in [1.165, 1.54) is 0 Å². The third-order valence-electron chi connectivity index (χ3n) is 2.70. The van der Waals surface area contributed by atoms with Crippen molar-refractivity contribution in [2.24, 2.45) is 0 Å². The molecule has 0 spiro atoms. The predicted octanol–water partition coefficient (Wildman–Crippen LogP) is 2.38. The molecule has 1 aromatic rings. The van der Waals surface area contributed by atoms with Crippen LogP contribution in [0.5, 0.6) is 5.75 Å². The molecule has 5 heteroatoms. The predicted molar refractivity (Wildman–Crippen MR) is 78.9 cm³/mol. The molecule has 0 aliphatic heterocycles. The van der Waals surface area contributed by atoms with Gasteiger partial charge in [-0.1, -0.05) is 12.1 Å².